The predicted octanol–water partition coefficient (Wildman–Crippen LogP) is 3.52. The van der Waals surface area contributed by atoms with E-state index < -0.39 is 0 Å². The first-order chi connectivity index (χ1) is 15.5. The number of halogens is 2. The number of hydrogen-bond acceptors (Lipinski definition) is 6. The first kappa shape index (κ1) is 23.4. The molecule has 7 nitrogen and oxygen atoms in total. The van der Waals surface area contributed by atoms with Crippen molar-refractivity contribution in [3.05, 3.63) is 44.7 Å². The Labute approximate surface area is 200 Å². The maximum Gasteiger partial charge on any atom is 0.168 e. The SMILES string of the molecule is O=C1CC(c2cccc3[nH]c(Br)c(Cl)c23)CC(O)=C1C=NCCN1CCN(CCO)CC1. The number of carbonyl (C=O) groups excluding carboxylic acids is 1. The minimum absolute atomic E-state index is 0.0929. The molecule has 1 aromatic heterocycles. The van der Waals surface area contributed by atoms with Crippen LogP contribution < -0.4 is 0 Å². The number of aliphatic hydroxyl groups is 2. The van der Waals surface area contributed by atoms with E-state index >= 15 is 0 Å². The second-order valence-electron chi connectivity index (χ2n) is 8.35. The third kappa shape index (κ3) is 5.10. The van der Waals surface area contributed by atoms with E-state index in [2.05, 4.69) is 35.7 Å². The number of allylic oxidation sites excluding steroid dienone is 2. The summed E-state index contributed by atoms with van der Waals surface area (Å²) in [5, 5.41) is 21.1. The molecule has 0 saturated carbocycles. The zero-order valence-corrected chi connectivity index (χ0v) is 20.2. The van der Waals surface area contributed by atoms with Crippen molar-refractivity contribution in [2.75, 3.05) is 52.4 Å². The highest BCUT2D eigenvalue weighted by Crippen LogP contribution is 2.41. The summed E-state index contributed by atoms with van der Waals surface area (Å²) in [7, 11) is 0. The van der Waals surface area contributed by atoms with E-state index in [1.54, 1.807) is 0 Å². The zero-order chi connectivity index (χ0) is 22.7. The van der Waals surface area contributed by atoms with Gasteiger partial charge >= 0.3 is 0 Å². The molecule has 9 heteroatoms. The largest absolute Gasteiger partial charge is 0.511 e. The topological polar surface area (TPSA) is 92.2 Å². The Kier molecular flexibility index (Phi) is 7.68. The summed E-state index contributed by atoms with van der Waals surface area (Å²) in [6.07, 6.45) is 2.24. The highest BCUT2D eigenvalue weighted by atomic mass is 79.9. The number of β-amino-alcohol motifs (C(OH)–C–C–N with tert-alkyl or cyclic N) is 1. The Hall–Kier alpha value is -1.71. The van der Waals surface area contributed by atoms with Gasteiger partial charge in [0.1, 0.15) is 10.4 Å². The summed E-state index contributed by atoms with van der Waals surface area (Å²) in [6.45, 7) is 6.13. The van der Waals surface area contributed by atoms with Crippen LogP contribution in [0.25, 0.3) is 10.9 Å². The zero-order valence-electron chi connectivity index (χ0n) is 17.9. The number of carbonyl (C=O) groups is 1. The number of aromatic nitrogens is 1. The first-order valence-electron chi connectivity index (χ1n) is 10.9. The number of nitrogens with zero attached hydrogens (tertiary/aromatic N) is 3. The summed E-state index contributed by atoms with van der Waals surface area (Å²) in [5.74, 6) is -0.128. The van der Waals surface area contributed by atoms with Crippen LogP contribution in [0.5, 0.6) is 0 Å². The second kappa shape index (κ2) is 10.5. The van der Waals surface area contributed by atoms with Crippen LogP contribution in [0.2, 0.25) is 5.02 Å². The molecule has 0 amide bonds. The van der Waals surface area contributed by atoms with Gasteiger partial charge in [0.25, 0.3) is 0 Å². The van der Waals surface area contributed by atoms with E-state index in [-0.39, 0.29) is 24.1 Å². The predicted molar refractivity (Wildman–Crippen MR) is 131 cm³/mol. The lowest BCUT2D eigenvalue weighted by Gasteiger charge is -2.33. The summed E-state index contributed by atoms with van der Waals surface area (Å²) < 4.78 is 0.714. The number of rotatable bonds is 7. The molecular weight excluding hydrogens is 496 g/mol. The third-order valence-corrected chi connectivity index (χ3v) is 7.52. The molecule has 1 saturated heterocycles. The number of nitrogens with one attached hydrogen (secondary N) is 1. The van der Waals surface area contributed by atoms with Gasteiger partial charge in [-0.3, -0.25) is 19.6 Å². The molecule has 1 aliphatic heterocycles. The van der Waals surface area contributed by atoms with Crippen LogP contribution in [0.4, 0.5) is 0 Å². The van der Waals surface area contributed by atoms with Gasteiger partial charge in [-0.1, -0.05) is 23.7 Å². The number of aromatic amines is 1. The Morgan fingerprint density at radius 1 is 1.19 bits per heavy atom. The molecule has 2 aromatic rings. The van der Waals surface area contributed by atoms with E-state index in [0.29, 0.717) is 34.6 Å². The molecule has 1 unspecified atom stereocenters. The minimum Gasteiger partial charge on any atom is -0.511 e. The van der Waals surface area contributed by atoms with Crippen LogP contribution in [-0.4, -0.2) is 89.4 Å². The number of Topliss-reactive ketones (excluding diaryl/α,β-unsaturated/α-hetero) is 1. The van der Waals surface area contributed by atoms with Crippen molar-refractivity contribution in [2.45, 2.75) is 18.8 Å². The smallest absolute Gasteiger partial charge is 0.168 e. The maximum absolute atomic E-state index is 12.8. The summed E-state index contributed by atoms with van der Waals surface area (Å²) in [5.41, 5.74) is 2.19. The Morgan fingerprint density at radius 2 is 1.91 bits per heavy atom. The molecule has 1 aliphatic carbocycles. The van der Waals surface area contributed by atoms with Gasteiger partial charge in [-0.25, -0.2) is 0 Å². The molecule has 0 spiro atoms. The molecule has 32 heavy (non-hydrogen) atoms. The van der Waals surface area contributed by atoms with Crippen molar-refractivity contribution in [3.63, 3.8) is 0 Å². The van der Waals surface area contributed by atoms with E-state index in [1.807, 2.05) is 18.2 Å². The number of aliphatic hydroxyl groups excluding tert-OH is 2. The quantitative estimate of drug-likeness (QED) is 0.483. The highest BCUT2D eigenvalue weighted by molar-refractivity contribution is 9.10. The molecule has 3 N–H and O–H groups in total. The van der Waals surface area contributed by atoms with Crippen LogP contribution in [0, 0.1) is 0 Å². The van der Waals surface area contributed by atoms with Gasteiger partial charge < -0.3 is 15.2 Å². The molecule has 2 aliphatic rings. The fourth-order valence-corrected chi connectivity index (χ4v) is 5.22. The summed E-state index contributed by atoms with van der Waals surface area (Å²) in [6, 6.07) is 5.85. The van der Waals surface area contributed by atoms with Crippen molar-refractivity contribution in [1.82, 2.24) is 14.8 Å². The maximum atomic E-state index is 12.8. The number of fused-ring (bicyclic) bond motifs is 1. The van der Waals surface area contributed by atoms with Crippen LogP contribution >= 0.6 is 27.5 Å². The van der Waals surface area contributed by atoms with Crippen LogP contribution in [0.3, 0.4) is 0 Å². The van der Waals surface area contributed by atoms with Gasteiger partial charge in [-0.05, 0) is 33.5 Å². The fraction of sp³-hybridized carbons (Fsp3) is 0.478. The number of benzene rings is 1. The molecule has 1 atom stereocenters. The lowest BCUT2D eigenvalue weighted by molar-refractivity contribution is -0.116. The van der Waals surface area contributed by atoms with E-state index in [1.165, 1.54) is 6.21 Å². The van der Waals surface area contributed by atoms with Crippen LogP contribution in [0.15, 0.2) is 39.1 Å². The van der Waals surface area contributed by atoms with Crippen molar-refractivity contribution >= 4 is 50.4 Å². The summed E-state index contributed by atoms with van der Waals surface area (Å²) >= 11 is 9.89. The number of H-pyrrole nitrogens is 1. The van der Waals surface area contributed by atoms with Crippen LogP contribution in [0.1, 0.15) is 24.3 Å². The van der Waals surface area contributed by atoms with Crippen LogP contribution in [-0.2, 0) is 4.79 Å². The Morgan fingerprint density at radius 3 is 2.59 bits per heavy atom. The number of aliphatic imine (C=N–C) groups is 1. The number of hydrogen-bond donors (Lipinski definition) is 3. The summed E-state index contributed by atoms with van der Waals surface area (Å²) in [4.78, 5) is 25.0. The molecule has 0 bridgehead atoms. The Balaban J connectivity index is 1.38. The van der Waals surface area contributed by atoms with Gasteiger partial charge in [0.2, 0.25) is 0 Å². The molecule has 0 radical (unpaired) electrons. The van der Waals surface area contributed by atoms with Crippen molar-refractivity contribution in [3.8, 4) is 0 Å². The van der Waals surface area contributed by atoms with Gasteiger partial charge in [-0.15, -0.1) is 0 Å². The lowest BCUT2D eigenvalue weighted by atomic mass is 9.82. The molecule has 4 rings (SSSR count). The molecule has 172 valence electrons. The van der Waals surface area contributed by atoms with Crippen molar-refractivity contribution in [1.29, 1.82) is 0 Å². The Bertz CT molecular complexity index is 1040. The monoisotopic (exact) mass is 522 g/mol. The highest BCUT2D eigenvalue weighted by Gasteiger charge is 2.29. The lowest BCUT2D eigenvalue weighted by Crippen LogP contribution is -2.47. The molecule has 1 fully saturated rings. The third-order valence-electron chi connectivity index (χ3n) is 6.32. The fourth-order valence-electron chi connectivity index (χ4n) is 4.55. The number of piperazine rings is 1. The molecular formula is C23H28BrClN4O3. The average Bonchev–Trinajstić information content (AvgIpc) is 3.07. The van der Waals surface area contributed by atoms with E-state index in [4.69, 9.17) is 16.7 Å². The van der Waals surface area contributed by atoms with Gasteiger partial charge in [-0.2, -0.15) is 0 Å². The number of ketones is 1. The van der Waals surface area contributed by atoms with Gasteiger partial charge in [0.05, 0.1) is 23.7 Å². The van der Waals surface area contributed by atoms with Crippen molar-refractivity contribution < 1.29 is 15.0 Å². The average molecular weight is 524 g/mol. The van der Waals surface area contributed by atoms with Crippen molar-refractivity contribution in [2.24, 2.45) is 4.99 Å². The second-order valence-corrected chi connectivity index (χ2v) is 9.52. The minimum atomic E-state index is -0.126. The molecule has 2 heterocycles. The standard InChI is InChI=1S/C23H28BrClN4O3/c24-23-22(25)21-16(2-1-3-18(21)27-23)15-12-19(31)17(20(32)13-15)14-26-4-5-28-6-8-29(9-7-28)10-11-30/h1-3,14-15,27,30-31H,4-13H2. The van der Waals surface area contributed by atoms with E-state index in [0.717, 1.165) is 55.7 Å². The normalized spacial score (nSPS) is 21.3. The van der Waals surface area contributed by atoms with Gasteiger partial charge in [0.15, 0.2) is 5.78 Å². The first-order valence-corrected chi connectivity index (χ1v) is 12.1. The molecule has 1 aromatic carbocycles. The van der Waals surface area contributed by atoms with Gasteiger partial charge in [0, 0.05) is 69.2 Å². The van der Waals surface area contributed by atoms with E-state index in [9.17, 15) is 9.90 Å².